The first-order valence-electron chi connectivity index (χ1n) is 7.88. The molecular weight excluding hydrogens is 302 g/mol. The summed E-state index contributed by atoms with van der Waals surface area (Å²) in [6, 6.07) is 17.5. The molecule has 5 heteroatoms. The molecule has 0 aliphatic heterocycles. The Kier molecular flexibility index (Phi) is 5.25. The second-order valence-corrected chi connectivity index (χ2v) is 5.54. The lowest BCUT2D eigenvalue weighted by Gasteiger charge is -2.13. The lowest BCUT2D eigenvalue weighted by atomic mass is 10.1. The molecule has 0 spiro atoms. The van der Waals surface area contributed by atoms with Crippen molar-refractivity contribution in [1.29, 1.82) is 0 Å². The standard InChI is InChI=1S/C19H21N3O2/c1-24-18-9-5-16(6-10-18)19(23)14-20-13-15-3-7-17(8-4-15)22-12-2-11-21-22/h2-12,19-20,23H,13-14H2,1H3. The van der Waals surface area contributed by atoms with Gasteiger partial charge < -0.3 is 15.2 Å². The lowest BCUT2D eigenvalue weighted by Crippen LogP contribution is -2.21. The third kappa shape index (κ3) is 4.01. The molecule has 0 amide bonds. The first-order chi connectivity index (χ1) is 11.8. The number of aliphatic hydroxyl groups is 1. The van der Waals surface area contributed by atoms with Gasteiger partial charge >= 0.3 is 0 Å². The highest BCUT2D eigenvalue weighted by atomic mass is 16.5. The summed E-state index contributed by atoms with van der Waals surface area (Å²) in [4.78, 5) is 0. The van der Waals surface area contributed by atoms with Crippen LogP contribution in [-0.4, -0.2) is 28.5 Å². The maximum Gasteiger partial charge on any atom is 0.118 e. The topological polar surface area (TPSA) is 59.3 Å². The summed E-state index contributed by atoms with van der Waals surface area (Å²) in [5.74, 6) is 0.788. The molecule has 24 heavy (non-hydrogen) atoms. The Morgan fingerprint density at radius 3 is 2.50 bits per heavy atom. The smallest absolute Gasteiger partial charge is 0.118 e. The van der Waals surface area contributed by atoms with Crippen molar-refractivity contribution in [2.75, 3.05) is 13.7 Å². The number of aliphatic hydroxyl groups excluding tert-OH is 1. The summed E-state index contributed by atoms with van der Waals surface area (Å²) in [6.45, 7) is 1.19. The van der Waals surface area contributed by atoms with E-state index < -0.39 is 6.10 Å². The Morgan fingerprint density at radius 1 is 1.12 bits per heavy atom. The quantitative estimate of drug-likeness (QED) is 0.702. The first-order valence-corrected chi connectivity index (χ1v) is 7.88. The van der Waals surface area contributed by atoms with Gasteiger partial charge in [-0.15, -0.1) is 0 Å². The molecule has 0 aliphatic rings. The average molecular weight is 323 g/mol. The maximum absolute atomic E-state index is 10.2. The second-order valence-electron chi connectivity index (χ2n) is 5.54. The zero-order valence-electron chi connectivity index (χ0n) is 13.6. The van der Waals surface area contributed by atoms with Gasteiger partial charge in [-0.05, 0) is 41.5 Å². The summed E-state index contributed by atoms with van der Waals surface area (Å²) in [5.41, 5.74) is 3.06. The fourth-order valence-corrected chi connectivity index (χ4v) is 2.49. The zero-order valence-corrected chi connectivity index (χ0v) is 13.6. The highest BCUT2D eigenvalue weighted by Gasteiger charge is 2.07. The molecule has 0 aliphatic carbocycles. The van der Waals surface area contributed by atoms with Gasteiger partial charge in [0, 0.05) is 25.5 Å². The number of hydrogen-bond acceptors (Lipinski definition) is 4. The molecule has 2 N–H and O–H groups in total. The molecule has 1 heterocycles. The number of nitrogens with zero attached hydrogens (tertiary/aromatic N) is 2. The highest BCUT2D eigenvalue weighted by molar-refractivity contribution is 5.33. The van der Waals surface area contributed by atoms with E-state index in [0.717, 1.165) is 22.6 Å². The van der Waals surface area contributed by atoms with Crippen molar-refractivity contribution >= 4 is 0 Å². The molecule has 0 saturated carbocycles. The van der Waals surface area contributed by atoms with Crippen LogP contribution in [0.3, 0.4) is 0 Å². The number of hydrogen-bond donors (Lipinski definition) is 2. The number of aromatic nitrogens is 2. The number of benzene rings is 2. The molecule has 0 saturated heterocycles. The largest absolute Gasteiger partial charge is 0.497 e. The van der Waals surface area contributed by atoms with E-state index in [4.69, 9.17) is 4.74 Å². The minimum absolute atomic E-state index is 0.493. The Labute approximate surface area is 141 Å². The molecule has 1 aromatic heterocycles. The fourth-order valence-electron chi connectivity index (χ4n) is 2.49. The van der Waals surface area contributed by atoms with Crippen LogP contribution in [0.4, 0.5) is 0 Å². The molecule has 0 bridgehead atoms. The van der Waals surface area contributed by atoms with Crippen LogP contribution in [0.1, 0.15) is 17.2 Å². The van der Waals surface area contributed by atoms with E-state index >= 15 is 0 Å². The SMILES string of the molecule is COc1ccc(C(O)CNCc2ccc(-n3cccn3)cc2)cc1. The second kappa shape index (κ2) is 7.77. The first kappa shape index (κ1) is 16.2. The molecule has 1 atom stereocenters. The molecule has 124 valence electrons. The summed E-state index contributed by atoms with van der Waals surface area (Å²) < 4.78 is 6.94. The van der Waals surface area contributed by atoms with Gasteiger partial charge in [0.25, 0.3) is 0 Å². The minimum Gasteiger partial charge on any atom is -0.497 e. The Morgan fingerprint density at radius 2 is 1.88 bits per heavy atom. The summed E-state index contributed by atoms with van der Waals surface area (Å²) in [5, 5.41) is 17.7. The third-order valence-electron chi connectivity index (χ3n) is 3.87. The molecule has 5 nitrogen and oxygen atoms in total. The number of methoxy groups -OCH3 is 1. The Balaban J connectivity index is 1.50. The lowest BCUT2D eigenvalue weighted by molar-refractivity contribution is 0.174. The normalized spacial score (nSPS) is 12.1. The van der Waals surface area contributed by atoms with Crippen LogP contribution in [-0.2, 0) is 6.54 Å². The fraction of sp³-hybridized carbons (Fsp3) is 0.211. The van der Waals surface area contributed by atoms with Crippen LogP contribution in [0.5, 0.6) is 5.75 Å². The Bertz CT molecular complexity index is 737. The van der Waals surface area contributed by atoms with Crippen molar-refractivity contribution < 1.29 is 9.84 Å². The molecule has 3 aromatic rings. The van der Waals surface area contributed by atoms with Crippen molar-refractivity contribution in [2.45, 2.75) is 12.6 Å². The van der Waals surface area contributed by atoms with E-state index in [-0.39, 0.29) is 0 Å². The molecule has 0 radical (unpaired) electrons. The van der Waals surface area contributed by atoms with Gasteiger partial charge in [-0.25, -0.2) is 4.68 Å². The summed E-state index contributed by atoms with van der Waals surface area (Å²) >= 11 is 0. The van der Waals surface area contributed by atoms with Gasteiger partial charge in [-0.2, -0.15) is 5.10 Å². The van der Waals surface area contributed by atoms with Gasteiger partial charge in [-0.3, -0.25) is 0 Å². The van der Waals surface area contributed by atoms with Gasteiger partial charge in [0.05, 0.1) is 18.9 Å². The average Bonchev–Trinajstić information content (AvgIpc) is 3.17. The predicted octanol–water partition coefficient (Wildman–Crippen LogP) is 2.70. The van der Waals surface area contributed by atoms with E-state index in [2.05, 4.69) is 22.5 Å². The van der Waals surface area contributed by atoms with Crippen LogP contribution < -0.4 is 10.1 Å². The van der Waals surface area contributed by atoms with Crippen molar-refractivity contribution in [3.8, 4) is 11.4 Å². The Hall–Kier alpha value is -2.63. The van der Waals surface area contributed by atoms with Crippen molar-refractivity contribution in [2.24, 2.45) is 0 Å². The minimum atomic E-state index is -0.542. The number of rotatable bonds is 7. The van der Waals surface area contributed by atoms with Crippen LogP contribution in [0.2, 0.25) is 0 Å². The molecule has 1 unspecified atom stereocenters. The van der Waals surface area contributed by atoms with E-state index in [1.165, 1.54) is 0 Å². The monoisotopic (exact) mass is 323 g/mol. The molecule has 3 rings (SSSR count). The third-order valence-corrected chi connectivity index (χ3v) is 3.87. The van der Waals surface area contributed by atoms with Crippen LogP contribution >= 0.6 is 0 Å². The molecular formula is C19H21N3O2. The van der Waals surface area contributed by atoms with Crippen LogP contribution in [0.15, 0.2) is 67.0 Å². The van der Waals surface area contributed by atoms with E-state index in [1.807, 2.05) is 53.3 Å². The molecule has 0 fully saturated rings. The van der Waals surface area contributed by atoms with E-state index in [9.17, 15) is 5.11 Å². The van der Waals surface area contributed by atoms with Crippen molar-refractivity contribution in [1.82, 2.24) is 15.1 Å². The highest BCUT2D eigenvalue weighted by Crippen LogP contribution is 2.17. The summed E-state index contributed by atoms with van der Waals surface area (Å²) in [7, 11) is 1.63. The van der Waals surface area contributed by atoms with Crippen molar-refractivity contribution in [3.05, 3.63) is 78.1 Å². The van der Waals surface area contributed by atoms with E-state index in [0.29, 0.717) is 13.1 Å². The number of nitrogens with one attached hydrogen (secondary N) is 1. The summed E-state index contributed by atoms with van der Waals surface area (Å²) in [6.07, 6.45) is 3.13. The van der Waals surface area contributed by atoms with Gasteiger partial charge in [0.1, 0.15) is 5.75 Å². The molecule has 2 aromatic carbocycles. The van der Waals surface area contributed by atoms with Gasteiger partial charge in [0.15, 0.2) is 0 Å². The number of ether oxygens (including phenoxy) is 1. The predicted molar refractivity (Wildman–Crippen MR) is 93.2 cm³/mol. The van der Waals surface area contributed by atoms with Gasteiger partial charge in [0.2, 0.25) is 0 Å². The van der Waals surface area contributed by atoms with E-state index in [1.54, 1.807) is 13.3 Å². The van der Waals surface area contributed by atoms with Gasteiger partial charge in [-0.1, -0.05) is 24.3 Å². The van der Waals surface area contributed by atoms with Crippen LogP contribution in [0.25, 0.3) is 5.69 Å². The van der Waals surface area contributed by atoms with Crippen LogP contribution in [0, 0.1) is 0 Å². The zero-order chi connectivity index (χ0) is 16.8. The maximum atomic E-state index is 10.2. The van der Waals surface area contributed by atoms with Crippen molar-refractivity contribution in [3.63, 3.8) is 0 Å².